The zero-order valence-corrected chi connectivity index (χ0v) is 12.1. The second-order valence-electron chi connectivity index (χ2n) is 5.08. The molecule has 0 unspecified atom stereocenters. The molecule has 0 bridgehead atoms. The first-order valence-electron chi connectivity index (χ1n) is 6.85. The SMILES string of the molecule is CN(Cc1cccc(CN)c1)C(=O)Cc1cccc(F)c1. The van der Waals surface area contributed by atoms with Crippen molar-refractivity contribution in [1.82, 2.24) is 4.90 Å². The predicted molar refractivity (Wildman–Crippen MR) is 80.9 cm³/mol. The molecule has 0 saturated carbocycles. The van der Waals surface area contributed by atoms with E-state index in [0.717, 1.165) is 11.1 Å². The van der Waals surface area contributed by atoms with Crippen molar-refractivity contribution in [2.75, 3.05) is 7.05 Å². The van der Waals surface area contributed by atoms with Crippen molar-refractivity contribution < 1.29 is 9.18 Å². The fourth-order valence-corrected chi connectivity index (χ4v) is 2.17. The van der Waals surface area contributed by atoms with E-state index in [9.17, 15) is 9.18 Å². The van der Waals surface area contributed by atoms with Crippen LogP contribution < -0.4 is 5.73 Å². The van der Waals surface area contributed by atoms with Gasteiger partial charge in [-0.05, 0) is 28.8 Å². The van der Waals surface area contributed by atoms with E-state index in [2.05, 4.69) is 0 Å². The first-order valence-corrected chi connectivity index (χ1v) is 6.85. The Morgan fingerprint density at radius 3 is 2.48 bits per heavy atom. The third kappa shape index (κ3) is 4.39. The van der Waals surface area contributed by atoms with Crippen LogP contribution in [-0.2, 0) is 24.3 Å². The van der Waals surface area contributed by atoms with Crippen LogP contribution in [-0.4, -0.2) is 17.9 Å². The van der Waals surface area contributed by atoms with Crippen LogP contribution in [0.3, 0.4) is 0 Å². The summed E-state index contributed by atoms with van der Waals surface area (Å²) in [4.78, 5) is 13.8. The Bertz CT molecular complexity index is 628. The summed E-state index contributed by atoms with van der Waals surface area (Å²) in [5, 5.41) is 0. The number of rotatable bonds is 5. The lowest BCUT2D eigenvalue weighted by Crippen LogP contribution is -2.27. The van der Waals surface area contributed by atoms with E-state index in [-0.39, 0.29) is 18.1 Å². The molecule has 0 aliphatic heterocycles. The van der Waals surface area contributed by atoms with Crippen LogP contribution in [0.15, 0.2) is 48.5 Å². The molecule has 0 atom stereocenters. The van der Waals surface area contributed by atoms with E-state index in [1.807, 2.05) is 24.3 Å². The number of carbonyl (C=O) groups is 1. The third-order valence-corrected chi connectivity index (χ3v) is 3.32. The molecule has 110 valence electrons. The van der Waals surface area contributed by atoms with Gasteiger partial charge in [0.15, 0.2) is 0 Å². The quantitative estimate of drug-likeness (QED) is 0.918. The number of hydrogen-bond acceptors (Lipinski definition) is 2. The molecule has 1 amide bonds. The average molecular weight is 286 g/mol. The largest absolute Gasteiger partial charge is 0.341 e. The monoisotopic (exact) mass is 286 g/mol. The molecule has 3 nitrogen and oxygen atoms in total. The maximum Gasteiger partial charge on any atom is 0.227 e. The Balaban J connectivity index is 1.99. The highest BCUT2D eigenvalue weighted by Crippen LogP contribution is 2.10. The Morgan fingerprint density at radius 2 is 1.76 bits per heavy atom. The van der Waals surface area contributed by atoms with Gasteiger partial charge in [0.05, 0.1) is 6.42 Å². The second-order valence-corrected chi connectivity index (χ2v) is 5.08. The van der Waals surface area contributed by atoms with Crippen molar-refractivity contribution in [3.8, 4) is 0 Å². The Kier molecular flexibility index (Phi) is 5.06. The molecule has 0 radical (unpaired) electrons. The van der Waals surface area contributed by atoms with E-state index in [4.69, 9.17) is 5.73 Å². The van der Waals surface area contributed by atoms with Crippen molar-refractivity contribution in [3.63, 3.8) is 0 Å². The molecule has 0 heterocycles. The van der Waals surface area contributed by atoms with Crippen molar-refractivity contribution in [1.29, 1.82) is 0 Å². The van der Waals surface area contributed by atoms with Gasteiger partial charge in [-0.25, -0.2) is 4.39 Å². The molecular formula is C17H19FN2O. The molecule has 2 rings (SSSR count). The van der Waals surface area contributed by atoms with E-state index in [1.165, 1.54) is 12.1 Å². The number of halogens is 1. The average Bonchev–Trinajstić information content (AvgIpc) is 2.47. The van der Waals surface area contributed by atoms with Crippen LogP contribution in [0.4, 0.5) is 4.39 Å². The highest BCUT2D eigenvalue weighted by molar-refractivity contribution is 5.78. The number of carbonyl (C=O) groups excluding carboxylic acids is 1. The van der Waals surface area contributed by atoms with Gasteiger partial charge < -0.3 is 10.6 Å². The van der Waals surface area contributed by atoms with E-state index in [0.29, 0.717) is 18.7 Å². The van der Waals surface area contributed by atoms with Gasteiger partial charge >= 0.3 is 0 Å². The highest BCUT2D eigenvalue weighted by atomic mass is 19.1. The zero-order chi connectivity index (χ0) is 15.2. The predicted octanol–water partition coefficient (Wildman–Crippen LogP) is 2.49. The van der Waals surface area contributed by atoms with E-state index in [1.54, 1.807) is 24.1 Å². The third-order valence-electron chi connectivity index (χ3n) is 3.32. The van der Waals surface area contributed by atoms with Gasteiger partial charge in [-0.1, -0.05) is 36.4 Å². The van der Waals surface area contributed by atoms with Crippen molar-refractivity contribution >= 4 is 5.91 Å². The lowest BCUT2D eigenvalue weighted by molar-refractivity contribution is -0.129. The second kappa shape index (κ2) is 6.99. The van der Waals surface area contributed by atoms with E-state index >= 15 is 0 Å². The number of nitrogens with zero attached hydrogens (tertiary/aromatic N) is 1. The molecule has 21 heavy (non-hydrogen) atoms. The van der Waals surface area contributed by atoms with Crippen LogP contribution in [0.2, 0.25) is 0 Å². The molecule has 0 saturated heterocycles. The number of likely N-dealkylation sites (N-methyl/N-ethyl adjacent to an activating group) is 1. The molecule has 0 fully saturated rings. The normalized spacial score (nSPS) is 10.4. The number of hydrogen-bond donors (Lipinski definition) is 1. The van der Waals surface area contributed by atoms with Gasteiger partial charge in [-0.3, -0.25) is 4.79 Å². The summed E-state index contributed by atoms with van der Waals surface area (Å²) in [5.41, 5.74) is 8.37. The van der Waals surface area contributed by atoms with Gasteiger partial charge in [0.25, 0.3) is 0 Å². The summed E-state index contributed by atoms with van der Waals surface area (Å²) in [7, 11) is 1.75. The lowest BCUT2D eigenvalue weighted by atomic mass is 10.1. The topological polar surface area (TPSA) is 46.3 Å². The minimum Gasteiger partial charge on any atom is -0.341 e. The summed E-state index contributed by atoms with van der Waals surface area (Å²) in [6.07, 6.45) is 0.199. The molecule has 0 aliphatic carbocycles. The first-order chi connectivity index (χ1) is 10.1. The number of benzene rings is 2. The molecular weight excluding hydrogens is 267 g/mol. The van der Waals surface area contributed by atoms with Crippen LogP contribution >= 0.6 is 0 Å². The van der Waals surface area contributed by atoms with Crippen LogP contribution in [0, 0.1) is 5.82 Å². The van der Waals surface area contributed by atoms with Crippen molar-refractivity contribution in [3.05, 3.63) is 71.0 Å². The van der Waals surface area contributed by atoms with Crippen LogP contribution in [0.5, 0.6) is 0 Å². The maximum atomic E-state index is 13.1. The maximum absolute atomic E-state index is 13.1. The van der Waals surface area contributed by atoms with Gasteiger partial charge in [0, 0.05) is 20.1 Å². The van der Waals surface area contributed by atoms with Crippen LogP contribution in [0.25, 0.3) is 0 Å². The minimum atomic E-state index is -0.321. The molecule has 4 heteroatoms. The molecule has 0 aliphatic rings. The molecule has 2 aromatic rings. The fraction of sp³-hybridized carbons (Fsp3) is 0.235. The molecule has 0 aromatic heterocycles. The van der Waals surface area contributed by atoms with Gasteiger partial charge in [-0.2, -0.15) is 0 Å². The summed E-state index contributed by atoms with van der Waals surface area (Å²) in [6.45, 7) is 0.997. The summed E-state index contributed by atoms with van der Waals surface area (Å²) < 4.78 is 13.1. The Morgan fingerprint density at radius 1 is 1.10 bits per heavy atom. The highest BCUT2D eigenvalue weighted by Gasteiger charge is 2.10. The molecule has 2 N–H and O–H groups in total. The van der Waals surface area contributed by atoms with Gasteiger partial charge in [-0.15, -0.1) is 0 Å². The van der Waals surface area contributed by atoms with Crippen molar-refractivity contribution in [2.45, 2.75) is 19.5 Å². The summed E-state index contributed by atoms with van der Waals surface area (Å²) >= 11 is 0. The van der Waals surface area contributed by atoms with Crippen LogP contribution in [0.1, 0.15) is 16.7 Å². The number of nitrogens with two attached hydrogens (primary N) is 1. The van der Waals surface area contributed by atoms with Gasteiger partial charge in [0.1, 0.15) is 5.82 Å². The zero-order valence-electron chi connectivity index (χ0n) is 12.1. The minimum absolute atomic E-state index is 0.0428. The van der Waals surface area contributed by atoms with E-state index < -0.39 is 0 Å². The molecule has 2 aromatic carbocycles. The van der Waals surface area contributed by atoms with Crippen molar-refractivity contribution in [2.24, 2.45) is 5.73 Å². The Labute approximate surface area is 124 Å². The standard InChI is InChI=1S/C17H19FN2O/c1-20(12-15-6-2-5-14(8-15)11-19)17(21)10-13-4-3-7-16(18)9-13/h2-9H,10-12,19H2,1H3. The lowest BCUT2D eigenvalue weighted by Gasteiger charge is -2.18. The van der Waals surface area contributed by atoms with Gasteiger partial charge in [0.2, 0.25) is 5.91 Å². The Hall–Kier alpha value is -2.20. The summed E-state index contributed by atoms with van der Waals surface area (Å²) in [5.74, 6) is -0.364. The number of amides is 1. The summed E-state index contributed by atoms with van der Waals surface area (Å²) in [6, 6.07) is 14.0. The fourth-order valence-electron chi connectivity index (χ4n) is 2.17. The molecule has 0 spiro atoms. The first kappa shape index (κ1) is 15.2. The smallest absolute Gasteiger partial charge is 0.227 e.